The number of rotatable bonds is 8. The van der Waals surface area contributed by atoms with E-state index in [0.717, 1.165) is 4.90 Å². The predicted octanol–water partition coefficient (Wildman–Crippen LogP) is -1.89. The van der Waals surface area contributed by atoms with Gasteiger partial charge in [0, 0.05) is 23.5 Å². The van der Waals surface area contributed by atoms with Crippen LogP contribution in [0.1, 0.15) is 21.2 Å². The highest BCUT2D eigenvalue weighted by atomic mass is 32.2. The van der Waals surface area contributed by atoms with Gasteiger partial charge in [-0.15, -0.1) is 11.8 Å². The number of fused-ring (bicyclic) bond motifs is 1. The quantitative estimate of drug-likeness (QED) is 0.198. The number of hydrogen-bond acceptors (Lipinski definition) is 8. The smallest absolute Gasteiger partial charge is 0.281 e. The van der Waals surface area contributed by atoms with Crippen molar-refractivity contribution in [3.63, 3.8) is 0 Å². The Kier molecular flexibility index (Phi) is 6.84. The summed E-state index contributed by atoms with van der Waals surface area (Å²) in [6.07, 6.45) is 3.08. The number of primary amides is 1. The zero-order valence-electron chi connectivity index (χ0n) is 18.4. The number of carboxylic acids is 1. The topological polar surface area (TPSA) is 191 Å². The number of carbonyl (C=O) groups excluding carboxylic acids is 4. The summed E-state index contributed by atoms with van der Waals surface area (Å²) in [5.41, 5.74) is 5.53. The Morgan fingerprint density at radius 2 is 1.83 bits per heavy atom. The molecule has 0 spiro atoms. The summed E-state index contributed by atoms with van der Waals surface area (Å²) in [4.78, 5) is 49.9. The molecule has 188 valence electrons. The van der Waals surface area contributed by atoms with Crippen LogP contribution in [-0.4, -0.2) is 58.7 Å². The first-order chi connectivity index (χ1) is 17.0. The molecule has 2 aliphatic heterocycles. The number of hydrogen-bond donors (Lipinski definition) is 3. The highest BCUT2D eigenvalue weighted by Gasteiger charge is 2.54. The van der Waals surface area contributed by atoms with Crippen molar-refractivity contribution in [1.82, 2.24) is 10.2 Å². The summed E-state index contributed by atoms with van der Waals surface area (Å²) < 4.78 is 35.1. The third-order valence-electron chi connectivity index (χ3n) is 5.73. The number of nitrogens with one attached hydrogen (secondary N) is 1. The SMILES string of the molecule is NC(=O)c1cc[n+](CC2=C(C(=O)[O-])N3C(=O)[C@H](NC(=O)[C@@H](c4ccccc4)S(=O)(=O)O)[C@H]3SC2)cc1. The number of pyridine rings is 1. The third kappa shape index (κ3) is 4.82. The highest BCUT2D eigenvalue weighted by Crippen LogP contribution is 2.40. The fourth-order valence-corrected chi connectivity index (χ4v) is 6.23. The summed E-state index contributed by atoms with van der Waals surface area (Å²) in [7, 11) is -4.86. The maximum absolute atomic E-state index is 12.9. The van der Waals surface area contributed by atoms with Crippen molar-refractivity contribution in [2.75, 3.05) is 5.75 Å². The lowest BCUT2D eigenvalue weighted by atomic mass is 10.0. The van der Waals surface area contributed by atoms with Crippen LogP contribution in [-0.2, 0) is 31.0 Å². The normalized spacial score (nSPS) is 20.2. The number of benzene rings is 1. The minimum absolute atomic E-state index is 0.00871. The van der Waals surface area contributed by atoms with E-state index in [4.69, 9.17) is 5.73 Å². The van der Waals surface area contributed by atoms with E-state index in [9.17, 15) is 37.3 Å². The monoisotopic (exact) mass is 532 g/mol. The second-order valence-corrected chi connectivity index (χ2v) is 10.7. The number of thioether (sulfide) groups is 1. The molecule has 3 heterocycles. The van der Waals surface area contributed by atoms with Crippen molar-refractivity contribution in [3.05, 3.63) is 77.3 Å². The average molecular weight is 533 g/mol. The Morgan fingerprint density at radius 1 is 1.19 bits per heavy atom. The van der Waals surface area contributed by atoms with Gasteiger partial charge < -0.3 is 21.0 Å². The molecule has 1 fully saturated rings. The van der Waals surface area contributed by atoms with Crippen LogP contribution in [0.3, 0.4) is 0 Å². The van der Waals surface area contributed by atoms with Gasteiger partial charge in [-0.1, -0.05) is 30.3 Å². The number of aliphatic carboxylic acids is 1. The van der Waals surface area contributed by atoms with Crippen LogP contribution in [0.4, 0.5) is 0 Å². The van der Waals surface area contributed by atoms with Gasteiger partial charge in [-0.2, -0.15) is 8.42 Å². The van der Waals surface area contributed by atoms with E-state index in [1.807, 2.05) is 0 Å². The van der Waals surface area contributed by atoms with Crippen molar-refractivity contribution in [3.8, 4) is 0 Å². The molecule has 4 rings (SSSR count). The van der Waals surface area contributed by atoms with Crippen LogP contribution < -0.4 is 20.7 Å². The van der Waals surface area contributed by atoms with E-state index in [1.54, 1.807) is 10.6 Å². The highest BCUT2D eigenvalue weighted by molar-refractivity contribution is 8.00. The van der Waals surface area contributed by atoms with E-state index < -0.39 is 50.5 Å². The van der Waals surface area contributed by atoms with E-state index in [0.29, 0.717) is 5.57 Å². The molecule has 3 atom stereocenters. The summed E-state index contributed by atoms with van der Waals surface area (Å²) in [6, 6.07) is 9.02. The van der Waals surface area contributed by atoms with E-state index in [2.05, 4.69) is 5.32 Å². The molecular formula is C22H20N4O8S2. The van der Waals surface area contributed by atoms with Crippen LogP contribution >= 0.6 is 11.8 Å². The van der Waals surface area contributed by atoms with Crippen molar-refractivity contribution < 1.29 is 41.8 Å². The minimum atomic E-state index is -4.86. The van der Waals surface area contributed by atoms with Crippen molar-refractivity contribution in [1.29, 1.82) is 0 Å². The molecule has 2 aliphatic rings. The van der Waals surface area contributed by atoms with Gasteiger partial charge in [0.2, 0.25) is 11.8 Å². The second-order valence-electron chi connectivity index (χ2n) is 8.06. The van der Waals surface area contributed by atoms with Gasteiger partial charge >= 0.3 is 0 Å². The molecule has 1 aromatic carbocycles. The van der Waals surface area contributed by atoms with Crippen LogP contribution in [0.25, 0.3) is 0 Å². The molecule has 0 aliphatic carbocycles. The van der Waals surface area contributed by atoms with Gasteiger partial charge in [0.15, 0.2) is 24.2 Å². The Morgan fingerprint density at radius 3 is 2.39 bits per heavy atom. The lowest BCUT2D eigenvalue weighted by molar-refractivity contribution is -0.689. The van der Waals surface area contributed by atoms with E-state index in [1.165, 1.54) is 60.6 Å². The van der Waals surface area contributed by atoms with E-state index in [-0.39, 0.29) is 29.1 Å². The molecule has 36 heavy (non-hydrogen) atoms. The number of carbonyl (C=O) groups is 4. The summed E-state index contributed by atoms with van der Waals surface area (Å²) in [5.74, 6) is -3.89. The molecule has 1 aromatic heterocycles. The van der Waals surface area contributed by atoms with Gasteiger partial charge in [0.25, 0.3) is 16.0 Å². The molecule has 2 aromatic rings. The fourth-order valence-electron chi connectivity index (χ4n) is 4.06. The van der Waals surface area contributed by atoms with Gasteiger partial charge in [-0.25, -0.2) is 4.57 Å². The molecule has 14 heteroatoms. The second kappa shape index (κ2) is 9.72. The molecule has 12 nitrogen and oxygen atoms in total. The number of nitrogens with zero attached hydrogens (tertiary/aromatic N) is 2. The average Bonchev–Trinajstić information content (AvgIpc) is 2.82. The van der Waals surface area contributed by atoms with Gasteiger partial charge in [-0.3, -0.25) is 23.8 Å². The van der Waals surface area contributed by atoms with Crippen LogP contribution in [0.5, 0.6) is 0 Å². The first-order valence-electron chi connectivity index (χ1n) is 10.5. The first-order valence-corrected chi connectivity index (χ1v) is 13.0. The molecule has 0 bridgehead atoms. The standard InChI is InChI=1S/C22H20N4O8S2/c23-18(27)13-6-8-25(9-7-13)10-14-11-35-21-15(20(29)26(21)16(14)22(30)31)24-19(28)17(36(32,33)34)12-4-2-1-3-5-12/h1-9,15,17,21H,10-11H2,(H4-,23,24,27,28,30,31,32,33,34)/t15-,17+,21+/m0/s1. The lowest BCUT2D eigenvalue weighted by Gasteiger charge is -2.50. The summed E-state index contributed by atoms with van der Waals surface area (Å²) in [6.45, 7) is 0.0850. The largest absolute Gasteiger partial charge is 0.543 e. The number of β-lactam (4-membered cyclic amide) rings is 1. The van der Waals surface area contributed by atoms with Crippen LogP contribution in [0.2, 0.25) is 0 Å². The number of aromatic nitrogens is 1. The minimum Gasteiger partial charge on any atom is -0.543 e. The Hall–Kier alpha value is -3.75. The maximum atomic E-state index is 12.9. The van der Waals surface area contributed by atoms with E-state index >= 15 is 0 Å². The van der Waals surface area contributed by atoms with Gasteiger partial charge in [0.05, 0.1) is 17.2 Å². The number of amides is 3. The van der Waals surface area contributed by atoms with Gasteiger partial charge in [-0.05, 0) is 5.56 Å². The van der Waals surface area contributed by atoms with Crippen LogP contribution in [0.15, 0.2) is 66.1 Å². The predicted molar refractivity (Wildman–Crippen MR) is 123 cm³/mol. The fraction of sp³-hybridized carbons (Fsp3) is 0.227. The summed E-state index contributed by atoms with van der Waals surface area (Å²) in [5, 5.41) is 11.5. The number of nitrogens with two attached hydrogens (primary N) is 1. The third-order valence-corrected chi connectivity index (χ3v) is 8.15. The van der Waals surface area contributed by atoms with Crippen LogP contribution in [0, 0.1) is 0 Å². The molecule has 0 unspecified atom stereocenters. The van der Waals surface area contributed by atoms with Crippen molar-refractivity contribution in [2.45, 2.75) is 23.2 Å². The Bertz CT molecular complexity index is 1380. The zero-order valence-corrected chi connectivity index (χ0v) is 20.1. The molecule has 4 N–H and O–H groups in total. The Balaban J connectivity index is 1.54. The lowest BCUT2D eigenvalue weighted by Crippen LogP contribution is -2.71. The molecule has 0 radical (unpaired) electrons. The van der Waals surface area contributed by atoms with Crippen molar-refractivity contribution >= 4 is 45.6 Å². The molecular weight excluding hydrogens is 512 g/mol. The summed E-state index contributed by atoms with van der Waals surface area (Å²) >= 11 is 1.18. The first kappa shape index (κ1) is 25.3. The zero-order chi connectivity index (χ0) is 26.2. The maximum Gasteiger partial charge on any atom is 0.281 e. The molecule has 1 saturated heterocycles. The van der Waals surface area contributed by atoms with Gasteiger partial charge in [0.1, 0.15) is 11.4 Å². The Labute approximate surface area is 209 Å². The number of carboxylic acid groups (broad SMARTS) is 1. The molecule has 0 saturated carbocycles. The molecule has 3 amide bonds. The van der Waals surface area contributed by atoms with Crippen molar-refractivity contribution in [2.24, 2.45) is 5.73 Å².